The molecule has 2 amide bonds. The summed E-state index contributed by atoms with van der Waals surface area (Å²) in [5.74, 6) is 0.0642. The van der Waals surface area contributed by atoms with Gasteiger partial charge in [0.15, 0.2) is 0 Å². The Labute approximate surface area is 155 Å². The highest BCUT2D eigenvalue weighted by Gasteiger charge is 2.17. The van der Waals surface area contributed by atoms with Crippen molar-refractivity contribution in [3.8, 4) is 5.75 Å². The second kappa shape index (κ2) is 8.80. The van der Waals surface area contributed by atoms with E-state index < -0.39 is 12.7 Å². The minimum atomic E-state index is -2.88. The molecule has 1 atom stereocenters. The molecule has 0 radical (unpaired) electrons. The van der Waals surface area contributed by atoms with E-state index in [1.54, 1.807) is 24.3 Å². The van der Waals surface area contributed by atoms with Crippen LogP contribution in [0.3, 0.4) is 0 Å². The first kappa shape index (κ1) is 18.4. The van der Waals surface area contributed by atoms with Crippen molar-refractivity contribution in [2.24, 2.45) is 0 Å². The minimum Gasteiger partial charge on any atom is -0.435 e. The Balaban J connectivity index is 1.80. The standard InChI is InChI=1S/C21H18F2N2O2/c22-20(23)27-18-13-11-16(12-14-18)19(15-7-3-1-4-8-15)25-21(26)24-17-9-5-2-6-10-17/h1-14,19-20H,(H2,24,25,26)/t19-/m1/s1. The molecular formula is C21H18F2N2O2. The number of anilines is 1. The van der Waals surface area contributed by atoms with Gasteiger partial charge < -0.3 is 15.4 Å². The van der Waals surface area contributed by atoms with Crippen LogP contribution in [0, 0.1) is 0 Å². The SMILES string of the molecule is O=C(Nc1ccccc1)N[C@H](c1ccccc1)c1ccc(OC(F)F)cc1. The molecule has 0 fully saturated rings. The zero-order valence-corrected chi connectivity index (χ0v) is 14.3. The number of hydrogen-bond acceptors (Lipinski definition) is 2. The summed E-state index contributed by atoms with van der Waals surface area (Å²) in [6.45, 7) is -2.88. The molecule has 3 rings (SSSR count). The van der Waals surface area contributed by atoms with Gasteiger partial charge in [0.25, 0.3) is 0 Å². The summed E-state index contributed by atoms with van der Waals surface area (Å²) in [6, 6.07) is 23.9. The summed E-state index contributed by atoms with van der Waals surface area (Å²) in [5.41, 5.74) is 2.27. The number of carbonyl (C=O) groups is 1. The highest BCUT2D eigenvalue weighted by atomic mass is 19.3. The Hall–Kier alpha value is -3.41. The van der Waals surface area contributed by atoms with Gasteiger partial charge in [-0.15, -0.1) is 0 Å². The largest absolute Gasteiger partial charge is 0.435 e. The van der Waals surface area contributed by atoms with Gasteiger partial charge in [-0.1, -0.05) is 60.7 Å². The second-order valence-electron chi connectivity index (χ2n) is 5.76. The minimum absolute atomic E-state index is 0.0642. The Kier molecular flexibility index (Phi) is 5.99. The predicted octanol–water partition coefficient (Wildman–Crippen LogP) is 5.20. The molecule has 138 valence electrons. The molecule has 0 aliphatic rings. The fourth-order valence-corrected chi connectivity index (χ4v) is 2.67. The van der Waals surface area contributed by atoms with Crippen molar-refractivity contribution in [3.63, 3.8) is 0 Å². The van der Waals surface area contributed by atoms with Crippen molar-refractivity contribution in [3.05, 3.63) is 96.1 Å². The van der Waals surface area contributed by atoms with Gasteiger partial charge in [0.2, 0.25) is 0 Å². The second-order valence-corrected chi connectivity index (χ2v) is 5.76. The molecule has 0 aliphatic heterocycles. The van der Waals surface area contributed by atoms with Crippen LogP contribution < -0.4 is 15.4 Å². The van der Waals surface area contributed by atoms with Crippen LogP contribution in [0.5, 0.6) is 5.75 Å². The zero-order chi connectivity index (χ0) is 19.1. The Bertz CT molecular complexity index is 856. The van der Waals surface area contributed by atoms with Crippen LogP contribution in [0.25, 0.3) is 0 Å². The van der Waals surface area contributed by atoms with E-state index in [9.17, 15) is 13.6 Å². The lowest BCUT2D eigenvalue weighted by Crippen LogP contribution is -2.33. The van der Waals surface area contributed by atoms with Crippen molar-refractivity contribution in [2.75, 3.05) is 5.32 Å². The molecule has 0 unspecified atom stereocenters. The number of halogens is 2. The smallest absolute Gasteiger partial charge is 0.387 e. The molecular weight excluding hydrogens is 350 g/mol. The summed E-state index contributed by atoms with van der Waals surface area (Å²) < 4.78 is 29.1. The van der Waals surface area contributed by atoms with Crippen LogP contribution in [0.1, 0.15) is 17.2 Å². The Morgan fingerprint density at radius 2 is 1.33 bits per heavy atom. The normalized spacial score (nSPS) is 11.7. The van der Waals surface area contributed by atoms with Crippen LogP contribution in [0.4, 0.5) is 19.3 Å². The van der Waals surface area contributed by atoms with E-state index in [2.05, 4.69) is 15.4 Å². The lowest BCUT2D eigenvalue weighted by atomic mass is 9.99. The highest BCUT2D eigenvalue weighted by molar-refractivity contribution is 5.89. The van der Waals surface area contributed by atoms with Gasteiger partial charge in [-0.05, 0) is 35.4 Å². The van der Waals surface area contributed by atoms with E-state index in [-0.39, 0.29) is 11.8 Å². The molecule has 6 heteroatoms. The van der Waals surface area contributed by atoms with Crippen LogP contribution in [0.15, 0.2) is 84.9 Å². The lowest BCUT2D eigenvalue weighted by Gasteiger charge is -2.20. The van der Waals surface area contributed by atoms with Gasteiger partial charge in [0, 0.05) is 5.69 Å². The molecule has 0 heterocycles. The third-order valence-corrected chi connectivity index (χ3v) is 3.88. The van der Waals surface area contributed by atoms with Crippen LogP contribution in [0.2, 0.25) is 0 Å². The van der Waals surface area contributed by atoms with Gasteiger partial charge in [-0.25, -0.2) is 4.79 Å². The number of benzene rings is 3. The Morgan fingerprint density at radius 3 is 1.93 bits per heavy atom. The van der Waals surface area contributed by atoms with Gasteiger partial charge >= 0.3 is 12.6 Å². The summed E-state index contributed by atoms with van der Waals surface area (Å²) in [7, 11) is 0. The molecule has 0 spiro atoms. The molecule has 0 saturated carbocycles. The summed E-state index contributed by atoms with van der Waals surface area (Å²) in [5, 5.41) is 5.69. The fraction of sp³-hybridized carbons (Fsp3) is 0.0952. The highest BCUT2D eigenvalue weighted by Crippen LogP contribution is 2.25. The number of amides is 2. The number of hydrogen-bond donors (Lipinski definition) is 2. The molecule has 4 nitrogen and oxygen atoms in total. The first-order chi connectivity index (χ1) is 13.1. The van der Waals surface area contributed by atoms with Gasteiger partial charge in [-0.3, -0.25) is 0 Å². The maximum atomic E-state index is 12.4. The number of alkyl halides is 2. The first-order valence-corrected chi connectivity index (χ1v) is 8.34. The quantitative estimate of drug-likeness (QED) is 0.628. The summed E-state index contributed by atoms with van der Waals surface area (Å²) >= 11 is 0. The zero-order valence-electron chi connectivity index (χ0n) is 14.3. The fourth-order valence-electron chi connectivity index (χ4n) is 2.67. The molecule has 27 heavy (non-hydrogen) atoms. The average molecular weight is 368 g/mol. The third kappa shape index (κ3) is 5.28. The van der Waals surface area contributed by atoms with Crippen LogP contribution >= 0.6 is 0 Å². The van der Waals surface area contributed by atoms with E-state index >= 15 is 0 Å². The maximum absolute atomic E-state index is 12.4. The maximum Gasteiger partial charge on any atom is 0.387 e. The number of carbonyl (C=O) groups excluding carboxylic acids is 1. The lowest BCUT2D eigenvalue weighted by molar-refractivity contribution is -0.0498. The van der Waals surface area contributed by atoms with Crippen molar-refractivity contribution in [2.45, 2.75) is 12.7 Å². The van der Waals surface area contributed by atoms with E-state index in [1.807, 2.05) is 48.5 Å². The summed E-state index contributed by atoms with van der Waals surface area (Å²) in [6.07, 6.45) is 0. The first-order valence-electron chi connectivity index (χ1n) is 8.34. The van der Waals surface area contributed by atoms with E-state index in [4.69, 9.17) is 0 Å². The Morgan fingerprint density at radius 1 is 0.778 bits per heavy atom. The average Bonchev–Trinajstić information content (AvgIpc) is 2.68. The van der Waals surface area contributed by atoms with E-state index in [1.165, 1.54) is 12.1 Å². The number of para-hydroxylation sites is 1. The predicted molar refractivity (Wildman–Crippen MR) is 100.0 cm³/mol. The topological polar surface area (TPSA) is 50.4 Å². The van der Waals surface area contributed by atoms with E-state index in [0.29, 0.717) is 5.69 Å². The molecule has 2 N–H and O–H groups in total. The molecule has 0 aliphatic carbocycles. The number of rotatable bonds is 6. The van der Waals surface area contributed by atoms with Crippen molar-refractivity contribution in [1.82, 2.24) is 5.32 Å². The van der Waals surface area contributed by atoms with Crippen molar-refractivity contribution >= 4 is 11.7 Å². The molecule has 0 bridgehead atoms. The molecule has 0 saturated heterocycles. The molecule has 3 aromatic rings. The molecule has 3 aromatic carbocycles. The third-order valence-electron chi connectivity index (χ3n) is 3.88. The summed E-state index contributed by atoms with van der Waals surface area (Å²) in [4.78, 5) is 12.4. The van der Waals surface area contributed by atoms with Gasteiger partial charge in [0.1, 0.15) is 5.75 Å². The van der Waals surface area contributed by atoms with Crippen molar-refractivity contribution in [1.29, 1.82) is 0 Å². The number of ether oxygens (including phenoxy) is 1. The monoisotopic (exact) mass is 368 g/mol. The number of nitrogens with one attached hydrogen (secondary N) is 2. The van der Waals surface area contributed by atoms with Gasteiger partial charge in [0.05, 0.1) is 6.04 Å². The molecule has 0 aromatic heterocycles. The van der Waals surface area contributed by atoms with Crippen LogP contribution in [-0.2, 0) is 0 Å². The van der Waals surface area contributed by atoms with Gasteiger partial charge in [-0.2, -0.15) is 8.78 Å². The van der Waals surface area contributed by atoms with Crippen molar-refractivity contribution < 1.29 is 18.3 Å². The number of urea groups is 1. The van der Waals surface area contributed by atoms with Crippen LogP contribution in [-0.4, -0.2) is 12.6 Å². The van der Waals surface area contributed by atoms with E-state index in [0.717, 1.165) is 11.1 Å².